The van der Waals surface area contributed by atoms with Crippen LogP contribution in [0.15, 0.2) is 96.7 Å². The molecule has 0 aliphatic rings. The second kappa shape index (κ2) is 7.25. The van der Waals surface area contributed by atoms with E-state index in [0.717, 1.165) is 0 Å². The molecule has 0 unspecified atom stereocenters. The fraction of sp³-hybridized carbons (Fsp3) is 0.0455. The van der Waals surface area contributed by atoms with Crippen molar-refractivity contribution in [3.8, 4) is 0 Å². The second-order valence-corrected chi connectivity index (χ2v) is 5.47. The molecule has 0 aromatic heterocycles. The molecule has 0 saturated carbocycles. The van der Waals surface area contributed by atoms with E-state index < -0.39 is 11.7 Å². The Kier molecular flexibility index (Phi) is 4.87. The summed E-state index contributed by atoms with van der Waals surface area (Å²) in [6.07, 6.45) is -4.50. The molecule has 3 aromatic rings. The summed E-state index contributed by atoms with van der Waals surface area (Å²) in [6, 6.07) is 25.8. The fourth-order valence-electron chi connectivity index (χ4n) is 2.56. The molecule has 3 aromatic carbocycles. The van der Waals surface area contributed by atoms with Crippen molar-refractivity contribution in [3.63, 3.8) is 0 Å². The number of allylic oxidation sites excluding steroid dienone is 1. The Labute approximate surface area is 144 Å². The Morgan fingerprint density at radius 1 is 0.560 bits per heavy atom. The normalized spacial score (nSPS) is 10.8. The minimum Gasteiger partial charge on any atom is -0.165 e. The van der Waals surface area contributed by atoms with Gasteiger partial charge in [-0.2, -0.15) is 13.2 Å². The number of rotatable bonds is 3. The smallest absolute Gasteiger partial charge is 0.165 e. The van der Waals surface area contributed by atoms with Crippen molar-refractivity contribution in [2.75, 3.05) is 0 Å². The Hall–Kier alpha value is -3.03. The lowest BCUT2D eigenvalue weighted by Crippen LogP contribution is -2.10. The van der Waals surface area contributed by atoms with E-state index in [1.807, 2.05) is 12.1 Å². The Balaban J connectivity index is 2.34. The van der Waals surface area contributed by atoms with Crippen LogP contribution < -0.4 is 0 Å². The maximum Gasteiger partial charge on any atom is 0.424 e. The van der Waals surface area contributed by atoms with E-state index in [9.17, 15) is 13.2 Å². The molecule has 0 nitrogen and oxygen atoms in total. The van der Waals surface area contributed by atoms with E-state index in [2.05, 4.69) is 5.73 Å². The molecule has 0 atom stereocenters. The van der Waals surface area contributed by atoms with Gasteiger partial charge in [0, 0.05) is 5.57 Å². The van der Waals surface area contributed by atoms with Gasteiger partial charge < -0.3 is 0 Å². The zero-order valence-corrected chi connectivity index (χ0v) is 13.3. The van der Waals surface area contributed by atoms with Crippen LogP contribution in [0.2, 0.25) is 0 Å². The Morgan fingerprint density at radius 3 is 1.28 bits per heavy atom. The summed E-state index contributed by atoms with van der Waals surface area (Å²) in [5.41, 5.74) is 3.75. The Bertz CT molecular complexity index is 845. The first-order valence-corrected chi connectivity index (χ1v) is 7.80. The molecule has 0 aliphatic heterocycles. The number of hydrogen-bond acceptors (Lipinski definition) is 0. The average molecular weight is 336 g/mol. The molecule has 0 bridgehead atoms. The zero-order chi connectivity index (χ0) is 17.7. The van der Waals surface area contributed by atoms with Crippen LogP contribution >= 0.6 is 0 Å². The van der Waals surface area contributed by atoms with Crippen molar-refractivity contribution in [2.45, 2.75) is 6.18 Å². The Morgan fingerprint density at radius 2 is 0.920 bits per heavy atom. The van der Waals surface area contributed by atoms with Crippen molar-refractivity contribution in [1.29, 1.82) is 0 Å². The highest BCUT2D eigenvalue weighted by Crippen LogP contribution is 2.35. The van der Waals surface area contributed by atoms with Gasteiger partial charge in [-0.3, -0.25) is 0 Å². The molecule has 0 fully saturated rings. The second-order valence-electron chi connectivity index (χ2n) is 5.47. The molecule has 3 rings (SSSR count). The van der Waals surface area contributed by atoms with Crippen LogP contribution in [0.3, 0.4) is 0 Å². The first-order valence-electron chi connectivity index (χ1n) is 7.80. The third-order valence-electron chi connectivity index (χ3n) is 3.72. The van der Waals surface area contributed by atoms with Gasteiger partial charge in [0.25, 0.3) is 0 Å². The maximum absolute atomic E-state index is 13.7. The number of halogens is 3. The van der Waals surface area contributed by atoms with Crippen molar-refractivity contribution < 1.29 is 13.2 Å². The van der Waals surface area contributed by atoms with Gasteiger partial charge in [0.05, 0.1) is 0 Å². The zero-order valence-electron chi connectivity index (χ0n) is 13.3. The standard InChI is InChI=1S/C22H15F3/c23-22(24,25)21(19-14-8-3-9-15-19)16-20(17-10-4-1-5-11-17)18-12-6-2-7-13-18/h1-15H. The van der Waals surface area contributed by atoms with Crippen LogP contribution in [0.4, 0.5) is 13.2 Å². The summed E-state index contributed by atoms with van der Waals surface area (Å²) >= 11 is 0. The lowest BCUT2D eigenvalue weighted by atomic mass is 9.96. The van der Waals surface area contributed by atoms with Gasteiger partial charge in [-0.25, -0.2) is 0 Å². The summed E-state index contributed by atoms with van der Waals surface area (Å²) in [6.45, 7) is 0. The van der Waals surface area contributed by atoms with E-state index in [-0.39, 0.29) is 5.56 Å². The highest BCUT2D eigenvalue weighted by atomic mass is 19.4. The van der Waals surface area contributed by atoms with Gasteiger partial charge in [0.1, 0.15) is 5.57 Å². The summed E-state index contributed by atoms with van der Waals surface area (Å²) in [7, 11) is 0. The van der Waals surface area contributed by atoms with Crippen LogP contribution in [0, 0.1) is 0 Å². The van der Waals surface area contributed by atoms with E-state index in [1.54, 1.807) is 66.7 Å². The van der Waals surface area contributed by atoms with Crippen LogP contribution in [0.1, 0.15) is 16.7 Å². The molecule has 0 saturated heterocycles. The molecule has 0 spiro atoms. The van der Waals surface area contributed by atoms with Gasteiger partial charge in [0.2, 0.25) is 0 Å². The minimum atomic E-state index is -4.50. The number of hydrogen-bond donors (Lipinski definition) is 0. The number of benzene rings is 3. The van der Waals surface area contributed by atoms with Crippen LogP contribution in [0.5, 0.6) is 0 Å². The molecule has 0 heterocycles. The predicted octanol–water partition coefficient (Wildman–Crippen LogP) is 6.36. The maximum atomic E-state index is 13.7. The molecule has 3 heteroatoms. The van der Waals surface area contributed by atoms with E-state index in [0.29, 0.717) is 16.7 Å². The van der Waals surface area contributed by atoms with Crippen LogP contribution in [-0.4, -0.2) is 6.18 Å². The van der Waals surface area contributed by atoms with Crippen LogP contribution in [-0.2, 0) is 0 Å². The van der Waals surface area contributed by atoms with Crippen molar-refractivity contribution in [3.05, 3.63) is 113 Å². The van der Waals surface area contributed by atoms with Gasteiger partial charge in [-0.1, -0.05) is 96.7 Å². The van der Waals surface area contributed by atoms with Gasteiger partial charge in [0.15, 0.2) is 0 Å². The monoisotopic (exact) mass is 336 g/mol. The molecule has 0 amide bonds. The summed E-state index contributed by atoms with van der Waals surface area (Å²) in [5.74, 6) is 0. The lowest BCUT2D eigenvalue weighted by molar-refractivity contribution is -0.0687. The molecule has 25 heavy (non-hydrogen) atoms. The average Bonchev–Trinajstić information content (AvgIpc) is 2.63. The predicted molar refractivity (Wildman–Crippen MR) is 94.8 cm³/mol. The molecular formula is C22H15F3. The van der Waals surface area contributed by atoms with Crippen molar-refractivity contribution >= 4 is 11.1 Å². The fourth-order valence-corrected chi connectivity index (χ4v) is 2.56. The van der Waals surface area contributed by atoms with Crippen LogP contribution in [0.25, 0.3) is 11.1 Å². The van der Waals surface area contributed by atoms with E-state index >= 15 is 0 Å². The summed E-state index contributed by atoms with van der Waals surface area (Å²) in [4.78, 5) is 0. The molecular weight excluding hydrogens is 321 g/mol. The topological polar surface area (TPSA) is 0 Å². The molecule has 124 valence electrons. The summed E-state index contributed by atoms with van der Waals surface area (Å²) in [5, 5.41) is 0. The molecule has 0 radical (unpaired) electrons. The largest absolute Gasteiger partial charge is 0.424 e. The lowest BCUT2D eigenvalue weighted by Gasteiger charge is -2.11. The molecule has 0 N–H and O–H groups in total. The van der Waals surface area contributed by atoms with Crippen molar-refractivity contribution in [1.82, 2.24) is 0 Å². The van der Waals surface area contributed by atoms with Gasteiger partial charge in [-0.15, -0.1) is 0 Å². The van der Waals surface area contributed by atoms with Gasteiger partial charge >= 0.3 is 6.18 Å². The van der Waals surface area contributed by atoms with Crippen molar-refractivity contribution in [2.24, 2.45) is 0 Å². The first-order chi connectivity index (χ1) is 12.1. The number of alkyl halides is 3. The third-order valence-corrected chi connectivity index (χ3v) is 3.72. The molecule has 0 aliphatic carbocycles. The van der Waals surface area contributed by atoms with Gasteiger partial charge in [-0.05, 0) is 16.7 Å². The quantitative estimate of drug-likeness (QED) is 0.488. The third kappa shape index (κ3) is 4.09. The van der Waals surface area contributed by atoms with E-state index in [1.165, 1.54) is 12.1 Å². The summed E-state index contributed by atoms with van der Waals surface area (Å²) < 4.78 is 41.1. The first kappa shape index (κ1) is 16.8. The van der Waals surface area contributed by atoms with E-state index in [4.69, 9.17) is 0 Å². The SMILES string of the molecule is FC(F)(F)C(=C=C(c1ccccc1)c1ccccc1)c1ccccc1. The minimum absolute atomic E-state index is 0.0966. The highest BCUT2D eigenvalue weighted by molar-refractivity contribution is 5.85. The highest BCUT2D eigenvalue weighted by Gasteiger charge is 2.35.